The van der Waals surface area contributed by atoms with Gasteiger partial charge >= 0.3 is 0 Å². The van der Waals surface area contributed by atoms with Crippen molar-refractivity contribution >= 4 is 40.6 Å². The van der Waals surface area contributed by atoms with Crippen molar-refractivity contribution in [1.29, 1.82) is 0 Å². The first-order chi connectivity index (χ1) is 13.9. The Morgan fingerprint density at radius 2 is 1.72 bits per heavy atom. The zero-order chi connectivity index (χ0) is 20.8. The molecule has 0 unspecified atom stereocenters. The predicted molar refractivity (Wildman–Crippen MR) is 113 cm³/mol. The van der Waals surface area contributed by atoms with Gasteiger partial charge in [0.05, 0.1) is 10.7 Å². The molecule has 1 aliphatic heterocycles. The van der Waals surface area contributed by atoms with Crippen molar-refractivity contribution in [3.8, 4) is 0 Å². The Labute approximate surface area is 173 Å². The van der Waals surface area contributed by atoms with Crippen molar-refractivity contribution in [3.05, 3.63) is 58.6 Å². The summed E-state index contributed by atoms with van der Waals surface area (Å²) in [6.45, 7) is 3.65. The van der Waals surface area contributed by atoms with Crippen LogP contribution in [0.1, 0.15) is 6.92 Å². The van der Waals surface area contributed by atoms with E-state index in [1.165, 1.54) is 24.8 Å². The van der Waals surface area contributed by atoms with Crippen LogP contribution in [0.25, 0.3) is 0 Å². The molecule has 0 aliphatic carbocycles. The Balaban J connectivity index is 1.50. The van der Waals surface area contributed by atoms with Crippen LogP contribution in [0.3, 0.4) is 0 Å². The van der Waals surface area contributed by atoms with Gasteiger partial charge in [-0.15, -0.1) is 11.8 Å². The zero-order valence-electron chi connectivity index (χ0n) is 16.0. The van der Waals surface area contributed by atoms with Crippen LogP contribution in [0.5, 0.6) is 0 Å². The van der Waals surface area contributed by atoms with Crippen molar-refractivity contribution in [2.45, 2.75) is 11.8 Å². The number of benzene rings is 2. The van der Waals surface area contributed by atoms with Gasteiger partial charge in [-0.05, 0) is 30.3 Å². The summed E-state index contributed by atoms with van der Waals surface area (Å²) in [5.41, 5.74) is 1.41. The fourth-order valence-electron chi connectivity index (χ4n) is 3.16. The molecule has 1 aliphatic rings. The van der Waals surface area contributed by atoms with E-state index in [-0.39, 0.29) is 22.4 Å². The second kappa shape index (κ2) is 9.42. The van der Waals surface area contributed by atoms with E-state index >= 15 is 0 Å². The van der Waals surface area contributed by atoms with Gasteiger partial charge in [0.1, 0.15) is 5.69 Å². The standard InChI is InChI=1S/C20H22N4O4S/c1-15(25)21-16-6-8-17(9-7-16)29-14-20(26)23-12-10-22(11-13-23)18-4-2-3-5-19(18)24(27)28/h2-9H,10-14H2,1H3,(H,21,25). The fourth-order valence-corrected chi connectivity index (χ4v) is 3.96. The average molecular weight is 414 g/mol. The van der Waals surface area contributed by atoms with Crippen molar-refractivity contribution in [2.24, 2.45) is 0 Å². The lowest BCUT2D eigenvalue weighted by Crippen LogP contribution is -2.49. The number of carbonyl (C=O) groups is 2. The third-order valence-electron chi connectivity index (χ3n) is 4.59. The second-order valence-corrected chi connectivity index (χ2v) is 7.66. The number of hydrogen-bond donors (Lipinski definition) is 1. The number of amides is 2. The summed E-state index contributed by atoms with van der Waals surface area (Å²) in [6, 6.07) is 14.0. The number of nitrogens with one attached hydrogen (secondary N) is 1. The molecule has 0 radical (unpaired) electrons. The summed E-state index contributed by atoms with van der Waals surface area (Å²) in [6.07, 6.45) is 0. The van der Waals surface area contributed by atoms with Crippen LogP contribution < -0.4 is 10.2 Å². The van der Waals surface area contributed by atoms with E-state index in [1.54, 1.807) is 35.2 Å². The number of rotatable bonds is 6. The quantitative estimate of drug-likeness (QED) is 0.444. The Hall–Kier alpha value is -3.07. The van der Waals surface area contributed by atoms with Gasteiger partial charge in [0, 0.05) is 49.8 Å². The number of anilines is 2. The van der Waals surface area contributed by atoms with E-state index in [1.807, 2.05) is 17.0 Å². The molecule has 1 fully saturated rings. The van der Waals surface area contributed by atoms with Gasteiger partial charge < -0.3 is 15.1 Å². The Bertz CT molecular complexity index is 896. The Morgan fingerprint density at radius 1 is 1.07 bits per heavy atom. The van der Waals surface area contributed by atoms with Crippen LogP contribution in [0, 0.1) is 10.1 Å². The lowest BCUT2D eigenvalue weighted by atomic mass is 10.2. The van der Waals surface area contributed by atoms with Crippen LogP contribution in [0.15, 0.2) is 53.4 Å². The number of thioether (sulfide) groups is 1. The fraction of sp³-hybridized carbons (Fsp3) is 0.300. The van der Waals surface area contributed by atoms with E-state index < -0.39 is 0 Å². The van der Waals surface area contributed by atoms with Crippen LogP contribution in [0.4, 0.5) is 17.1 Å². The minimum absolute atomic E-state index is 0.0446. The molecule has 9 heteroatoms. The van der Waals surface area contributed by atoms with Crippen LogP contribution >= 0.6 is 11.8 Å². The van der Waals surface area contributed by atoms with Gasteiger partial charge in [-0.2, -0.15) is 0 Å². The van der Waals surface area contributed by atoms with Crippen molar-refractivity contribution < 1.29 is 14.5 Å². The van der Waals surface area contributed by atoms with Gasteiger partial charge in [-0.25, -0.2) is 0 Å². The summed E-state index contributed by atoms with van der Waals surface area (Å²) < 4.78 is 0. The van der Waals surface area contributed by atoms with Gasteiger partial charge in [0.2, 0.25) is 11.8 Å². The summed E-state index contributed by atoms with van der Waals surface area (Å²) in [5, 5.41) is 13.9. The molecule has 2 aromatic rings. The molecular weight excluding hydrogens is 392 g/mol. The Kier molecular flexibility index (Phi) is 6.71. The molecule has 0 aromatic heterocycles. The largest absolute Gasteiger partial charge is 0.362 e. The van der Waals surface area contributed by atoms with Crippen LogP contribution in [-0.2, 0) is 9.59 Å². The molecule has 0 atom stereocenters. The third-order valence-corrected chi connectivity index (χ3v) is 5.59. The van der Waals surface area contributed by atoms with Crippen molar-refractivity contribution in [1.82, 2.24) is 4.90 Å². The highest BCUT2D eigenvalue weighted by atomic mass is 32.2. The minimum atomic E-state index is -0.374. The highest BCUT2D eigenvalue weighted by molar-refractivity contribution is 8.00. The molecule has 8 nitrogen and oxygen atoms in total. The number of para-hydroxylation sites is 2. The monoisotopic (exact) mass is 414 g/mol. The highest BCUT2D eigenvalue weighted by Gasteiger charge is 2.25. The molecule has 152 valence electrons. The normalized spacial score (nSPS) is 13.8. The molecule has 3 rings (SSSR count). The van der Waals surface area contributed by atoms with Crippen LogP contribution in [0.2, 0.25) is 0 Å². The van der Waals surface area contributed by atoms with Gasteiger partial charge in [-0.3, -0.25) is 19.7 Å². The summed E-state index contributed by atoms with van der Waals surface area (Å²) in [5.74, 6) is 0.244. The molecule has 0 bridgehead atoms. The number of hydrogen-bond acceptors (Lipinski definition) is 6. The SMILES string of the molecule is CC(=O)Nc1ccc(SCC(=O)N2CCN(c3ccccc3[N+](=O)[O-])CC2)cc1. The topological polar surface area (TPSA) is 95.8 Å². The molecule has 0 spiro atoms. The number of nitro benzene ring substituents is 1. The Morgan fingerprint density at radius 3 is 2.34 bits per heavy atom. The molecule has 1 N–H and O–H groups in total. The van der Waals surface area contributed by atoms with Crippen molar-refractivity contribution in [3.63, 3.8) is 0 Å². The summed E-state index contributed by atoms with van der Waals surface area (Å²) in [4.78, 5) is 39.1. The average Bonchev–Trinajstić information content (AvgIpc) is 2.72. The van der Waals surface area contributed by atoms with Crippen molar-refractivity contribution in [2.75, 3.05) is 42.1 Å². The molecule has 0 saturated carbocycles. The second-order valence-electron chi connectivity index (χ2n) is 6.61. The summed E-state index contributed by atoms with van der Waals surface area (Å²) >= 11 is 1.45. The maximum atomic E-state index is 12.5. The summed E-state index contributed by atoms with van der Waals surface area (Å²) in [7, 11) is 0. The van der Waals surface area contributed by atoms with E-state index in [2.05, 4.69) is 5.32 Å². The lowest BCUT2D eigenvalue weighted by molar-refractivity contribution is -0.384. The van der Waals surface area contributed by atoms with E-state index in [0.717, 1.165) is 10.6 Å². The first-order valence-corrected chi connectivity index (χ1v) is 10.2. The molecule has 29 heavy (non-hydrogen) atoms. The molecule has 1 heterocycles. The number of nitrogens with zero attached hydrogens (tertiary/aromatic N) is 3. The van der Waals surface area contributed by atoms with Gasteiger partial charge in [0.25, 0.3) is 5.69 Å². The molecular formula is C20H22N4O4S. The number of carbonyl (C=O) groups excluding carboxylic acids is 2. The predicted octanol–water partition coefficient (Wildman–Crippen LogP) is 2.99. The van der Waals surface area contributed by atoms with Crippen LogP contribution in [-0.4, -0.2) is 53.6 Å². The maximum Gasteiger partial charge on any atom is 0.292 e. The number of piperazine rings is 1. The number of nitro groups is 1. The minimum Gasteiger partial charge on any atom is -0.362 e. The molecule has 1 saturated heterocycles. The smallest absolute Gasteiger partial charge is 0.292 e. The zero-order valence-corrected chi connectivity index (χ0v) is 16.9. The van der Waals surface area contributed by atoms with E-state index in [4.69, 9.17) is 0 Å². The van der Waals surface area contributed by atoms with E-state index in [9.17, 15) is 19.7 Å². The third kappa shape index (κ3) is 5.47. The molecule has 2 amide bonds. The lowest BCUT2D eigenvalue weighted by Gasteiger charge is -2.35. The van der Waals surface area contributed by atoms with E-state index in [0.29, 0.717) is 37.6 Å². The first kappa shape index (κ1) is 20.7. The first-order valence-electron chi connectivity index (χ1n) is 9.20. The highest BCUT2D eigenvalue weighted by Crippen LogP contribution is 2.28. The van der Waals surface area contributed by atoms with Gasteiger partial charge in [0.15, 0.2) is 0 Å². The molecule has 2 aromatic carbocycles. The van der Waals surface area contributed by atoms with Gasteiger partial charge in [-0.1, -0.05) is 12.1 Å². The maximum absolute atomic E-state index is 12.5.